The van der Waals surface area contributed by atoms with Crippen LogP contribution in [0.25, 0.3) is 0 Å². The minimum atomic E-state index is -0.433. The predicted octanol–water partition coefficient (Wildman–Crippen LogP) is -0.922. The summed E-state index contributed by atoms with van der Waals surface area (Å²) in [6.45, 7) is 0.851. The van der Waals surface area contributed by atoms with Crippen molar-refractivity contribution in [1.82, 2.24) is 14.3 Å². The molecule has 1 N–H and O–H groups in total. The van der Waals surface area contributed by atoms with Crippen LogP contribution in [0.5, 0.6) is 0 Å². The van der Waals surface area contributed by atoms with Crippen molar-refractivity contribution in [2.75, 3.05) is 25.1 Å². The zero-order valence-corrected chi connectivity index (χ0v) is 11.1. The molecule has 7 heteroatoms. The molecule has 102 valence electrons. The lowest BCUT2D eigenvalue weighted by Gasteiger charge is -2.18. The molecule has 7 nitrogen and oxygen atoms in total. The molecule has 0 aliphatic heterocycles. The van der Waals surface area contributed by atoms with Crippen LogP contribution in [0.1, 0.15) is 19.3 Å². The van der Waals surface area contributed by atoms with E-state index >= 15 is 0 Å². The van der Waals surface area contributed by atoms with Gasteiger partial charge >= 0.3 is 5.69 Å². The number of hydrogen-bond acceptors (Lipinski definition) is 5. The SMILES string of the molecule is CN(CCCCCO)c1nn(C)c(=O)n(C)c1=O. The standard InChI is InChI=1S/C11H20N4O3/c1-13(7-5-4-6-8-16)9-10(17)14(2)11(18)15(3)12-9/h16H,4-8H2,1-3H3. The maximum absolute atomic E-state index is 11.9. The number of aliphatic hydroxyl groups is 1. The van der Waals surface area contributed by atoms with Gasteiger partial charge < -0.3 is 10.0 Å². The van der Waals surface area contributed by atoms with Crippen molar-refractivity contribution in [2.24, 2.45) is 14.1 Å². The molecule has 0 unspecified atom stereocenters. The average Bonchev–Trinajstić information content (AvgIpc) is 2.36. The molecule has 0 saturated carbocycles. The number of anilines is 1. The maximum Gasteiger partial charge on any atom is 0.346 e. The van der Waals surface area contributed by atoms with E-state index in [4.69, 9.17) is 5.11 Å². The van der Waals surface area contributed by atoms with Gasteiger partial charge in [0.15, 0.2) is 0 Å². The van der Waals surface area contributed by atoms with E-state index < -0.39 is 5.69 Å². The topological polar surface area (TPSA) is 80.4 Å². The molecule has 1 rings (SSSR count). The van der Waals surface area contributed by atoms with Gasteiger partial charge in [0, 0.05) is 34.3 Å². The van der Waals surface area contributed by atoms with Crippen molar-refractivity contribution in [3.63, 3.8) is 0 Å². The van der Waals surface area contributed by atoms with E-state index in [1.54, 1.807) is 11.9 Å². The number of rotatable bonds is 6. The second kappa shape index (κ2) is 6.34. The Morgan fingerprint density at radius 2 is 1.89 bits per heavy atom. The fraction of sp³-hybridized carbons (Fsp3) is 0.727. The van der Waals surface area contributed by atoms with Crippen molar-refractivity contribution in [2.45, 2.75) is 19.3 Å². The fourth-order valence-corrected chi connectivity index (χ4v) is 1.66. The number of hydrogen-bond donors (Lipinski definition) is 1. The van der Waals surface area contributed by atoms with Crippen LogP contribution in [0.3, 0.4) is 0 Å². The lowest BCUT2D eigenvalue weighted by atomic mass is 10.2. The molecule has 0 aromatic carbocycles. The first-order valence-corrected chi connectivity index (χ1v) is 5.95. The molecule has 0 atom stereocenters. The summed E-state index contributed by atoms with van der Waals surface area (Å²) in [5, 5.41) is 12.7. The third-order valence-corrected chi connectivity index (χ3v) is 2.82. The molecule has 0 spiro atoms. The summed E-state index contributed by atoms with van der Waals surface area (Å²) in [5.41, 5.74) is -0.819. The summed E-state index contributed by atoms with van der Waals surface area (Å²) >= 11 is 0. The Hall–Kier alpha value is -1.63. The van der Waals surface area contributed by atoms with Crippen molar-refractivity contribution in [1.29, 1.82) is 0 Å². The first kappa shape index (κ1) is 14.4. The summed E-state index contributed by atoms with van der Waals surface area (Å²) in [6.07, 6.45) is 2.52. The highest BCUT2D eigenvalue weighted by Gasteiger charge is 2.12. The van der Waals surface area contributed by atoms with E-state index in [1.165, 1.54) is 14.1 Å². The molecule has 0 radical (unpaired) electrons. The van der Waals surface area contributed by atoms with Crippen LogP contribution < -0.4 is 16.1 Å². The maximum atomic E-state index is 11.9. The summed E-state index contributed by atoms with van der Waals surface area (Å²) < 4.78 is 2.20. The van der Waals surface area contributed by atoms with Gasteiger partial charge in [-0.2, -0.15) is 0 Å². The Bertz CT molecular complexity index is 506. The van der Waals surface area contributed by atoms with Crippen molar-refractivity contribution in [3.05, 3.63) is 20.8 Å². The summed E-state index contributed by atoms with van der Waals surface area (Å²) in [6, 6.07) is 0. The number of aryl methyl sites for hydroxylation is 1. The molecule has 0 bridgehead atoms. The molecule has 1 aromatic rings. The minimum Gasteiger partial charge on any atom is -0.396 e. The first-order chi connectivity index (χ1) is 8.49. The van der Waals surface area contributed by atoms with E-state index in [0.29, 0.717) is 6.54 Å². The van der Waals surface area contributed by atoms with E-state index in [1.807, 2.05) is 0 Å². The van der Waals surface area contributed by atoms with Crippen molar-refractivity contribution in [3.8, 4) is 0 Å². The van der Waals surface area contributed by atoms with E-state index in [0.717, 1.165) is 28.5 Å². The molecular formula is C11H20N4O3. The van der Waals surface area contributed by atoms with Gasteiger partial charge in [0.05, 0.1) is 0 Å². The van der Waals surface area contributed by atoms with Crippen LogP contribution in [0.4, 0.5) is 5.82 Å². The molecule has 0 aliphatic carbocycles. The van der Waals surface area contributed by atoms with E-state index in [-0.39, 0.29) is 18.0 Å². The van der Waals surface area contributed by atoms with Crippen LogP contribution in [0, 0.1) is 0 Å². The van der Waals surface area contributed by atoms with Crippen LogP contribution >= 0.6 is 0 Å². The summed E-state index contributed by atoms with van der Waals surface area (Å²) in [4.78, 5) is 25.1. The number of aliphatic hydroxyl groups excluding tert-OH is 1. The highest BCUT2D eigenvalue weighted by Crippen LogP contribution is 2.02. The van der Waals surface area contributed by atoms with Gasteiger partial charge in [-0.1, -0.05) is 0 Å². The Kier molecular flexibility index (Phi) is 5.08. The minimum absolute atomic E-state index is 0.184. The lowest BCUT2D eigenvalue weighted by Crippen LogP contribution is -2.42. The molecule has 1 aromatic heterocycles. The Labute approximate surface area is 105 Å². The normalized spacial score (nSPS) is 10.7. The molecule has 0 amide bonds. The average molecular weight is 256 g/mol. The van der Waals surface area contributed by atoms with Gasteiger partial charge in [0.2, 0.25) is 5.82 Å². The first-order valence-electron chi connectivity index (χ1n) is 5.95. The largest absolute Gasteiger partial charge is 0.396 e. The van der Waals surface area contributed by atoms with E-state index in [9.17, 15) is 9.59 Å². The second-order valence-corrected chi connectivity index (χ2v) is 4.30. The number of unbranched alkanes of at least 4 members (excludes halogenated alkanes) is 2. The lowest BCUT2D eigenvalue weighted by molar-refractivity contribution is 0.283. The third-order valence-electron chi connectivity index (χ3n) is 2.82. The number of aromatic nitrogens is 3. The molecular weight excluding hydrogens is 236 g/mol. The van der Waals surface area contributed by atoms with Crippen molar-refractivity contribution < 1.29 is 5.11 Å². The third kappa shape index (κ3) is 3.19. The van der Waals surface area contributed by atoms with Gasteiger partial charge in [-0.15, -0.1) is 5.10 Å². The Morgan fingerprint density at radius 3 is 2.50 bits per heavy atom. The zero-order chi connectivity index (χ0) is 13.7. The van der Waals surface area contributed by atoms with Crippen LogP contribution in [0.15, 0.2) is 9.59 Å². The monoisotopic (exact) mass is 256 g/mol. The van der Waals surface area contributed by atoms with Gasteiger partial charge in [0.1, 0.15) is 0 Å². The van der Waals surface area contributed by atoms with Gasteiger partial charge in [0.25, 0.3) is 5.56 Å². The smallest absolute Gasteiger partial charge is 0.346 e. The summed E-state index contributed by atoms with van der Waals surface area (Å²) in [7, 11) is 4.73. The van der Waals surface area contributed by atoms with Crippen LogP contribution in [0.2, 0.25) is 0 Å². The molecule has 1 heterocycles. The molecule has 0 aliphatic rings. The van der Waals surface area contributed by atoms with Crippen LogP contribution in [-0.4, -0.2) is 39.7 Å². The van der Waals surface area contributed by atoms with Crippen molar-refractivity contribution >= 4 is 5.82 Å². The predicted molar refractivity (Wildman–Crippen MR) is 68.9 cm³/mol. The van der Waals surface area contributed by atoms with Crippen LogP contribution in [-0.2, 0) is 14.1 Å². The molecule has 18 heavy (non-hydrogen) atoms. The summed E-state index contributed by atoms with van der Waals surface area (Å²) in [5.74, 6) is 0.267. The van der Waals surface area contributed by atoms with Gasteiger partial charge in [-0.3, -0.25) is 9.36 Å². The molecule has 0 fully saturated rings. The Balaban J connectivity index is 2.83. The Morgan fingerprint density at radius 1 is 1.22 bits per heavy atom. The van der Waals surface area contributed by atoms with Gasteiger partial charge in [-0.25, -0.2) is 9.48 Å². The molecule has 0 saturated heterocycles. The fourth-order valence-electron chi connectivity index (χ4n) is 1.66. The quantitative estimate of drug-likeness (QED) is 0.666. The zero-order valence-electron chi connectivity index (χ0n) is 11.1. The van der Waals surface area contributed by atoms with Gasteiger partial charge in [-0.05, 0) is 19.3 Å². The van der Waals surface area contributed by atoms with E-state index in [2.05, 4.69) is 5.10 Å². The highest BCUT2D eigenvalue weighted by atomic mass is 16.3. The number of nitrogens with zero attached hydrogens (tertiary/aromatic N) is 4. The highest BCUT2D eigenvalue weighted by molar-refractivity contribution is 5.32. The second-order valence-electron chi connectivity index (χ2n) is 4.30.